The topological polar surface area (TPSA) is 41.6 Å². The highest BCUT2D eigenvalue weighted by Crippen LogP contribution is 1.98. The maximum Gasteiger partial charge on any atom is 0.191 e. The molecule has 0 unspecified atom stereocenters. The van der Waals surface area contributed by atoms with E-state index in [1.165, 1.54) is 25.7 Å². The van der Waals surface area contributed by atoms with Gasteiger partial charge in [-0.1, -0.05) is 26.7 Å². The van der Waals surface area contributed by atoms with Crippen LogP contribution in [0, 0.1) is 0 Å². The van der Waals surface area contributed by atoms with Gasteiger partial charge in [0.25, 0.3) is 0 Å². The molecule has 14 heavy (non-hydrogen) atoms. The van der Waals surface area contributed by atoms with Crippen LogP contribution in [0.4, 0.5) is 0 Å². The molecule has 3 nitrogen and oxygen atoms in total. The maximum absolute atomic E-state index is 5.89. The van der Waals surface area contributed by atoms with Crippen molar-refractivity contribution in [2.75, 3.05) is 19.6 Å². The molecule has 0 aromatic heterocycles. The summed E-state index contributed by atoms with van der Waals surface area (Å²) in [5.41, 5.74) is 5.89. The Labute approximate surface area is 88.4 Å². The molecule has 0 atom stereocenters. The van der Waals surface area contributed by atoms with Crippen LogP contribution in [0.5, 0.6) is 0 Å². The van der Waals surface area contributed by atoms with Crippen molar-refractivity contribution in [3.63, 3.8) is 0 Å². The Morgan fingerprint density at radius 1 is 1.07 bits per heavy atom. The second-order valence-electron chi connectivity index (χ2n) is 3.53. The zero-order valence-corrected chi connectivity index (χ0v) is 9.92. The Bertz CT molecular complexity index is 147. The zero-order valence-electron chi connectivity index (χ0n) is 9.92. The highest BCUT2D eigenvalue weighted by Gasteiger charge is 2.05. The molecule has 0 aromatic rings. The van der Waals surface area contributed by atoms with Crippen LogP contribution in [0.1, 0.15) is 46.5 Å². The van der Waals surface area contributed by atoms with E-state index in [-0.39, 0.29) is 0 Å². The minimum Gasteiger partial charge on any atom is -0.370 e. The quantitative estimate of drug-likeness (QED) is 0.504. The summed E-state index contributed by atoms with van der Waals surface area (Å²) in [4.78, 5) is 6.46. The maximum atomic E-state index is 5.89. The van der Waals surface area contributed by atoms with Crippen LogP contribution in [-0.2, 0) is 0 Å². The third-order valence-electron chi connectivity index (χ3n) is 2.21. The zero-order chi connectivity index (χ0) is 10.8. The van der Waals surface area contributed by atoms with E-state index < -0.39 is 0 Å². The Balaban J connectivity index is 4.01. The number of nitrogens with zero attached hydrogens (tertiary/aromatic N) is 2. The lowest BCUT2D eigenvalue weighted by Gasteiger charge is -2.23. The van der Waals surface area contributed by atoms with Crippen LogP contribution in [0.25, 0.3) is 0 Å². The van der Waals surface area contributed by atoms with E-state index in [0.29, 0.717) is 0 Å². The highest BCUT2D eigenvalue weighted by molar-refractivity contribution is 5.78. The molecule has 84 valence electrons. The van der Waals surface area contributed by atoms with Gasteiger partial charge in [0.15, 0.2) is 5.96 Å². The van der Waals surface area contributed by atoms with Gasteiger partial charge in [0, 0.05) is 19.6 Å². The number of rotatable bonds is 7. The average molecular weight is 199 g/mol. The summed E-state index contributed by atoms with van der Waals surface area (Å²) < 4.78 is 0. The molecule has 0 saturated carbocycles. The van der Waals surface area contributed by atoms with Crippen LogP contribution >= 0.6 is 0 Å². The molecule has 0 heterocycles. The van der Waals surface area contributed by atoms with E-state index in [1.807, 2.05) is 6.92 Å². The van der Waals surface area contributed by atoms with Gasteiger partial charge >= 0.3 is 0 Å². The molecular formula is C11H25N3. The lowest BCUT2D eigenvalue weighted by atomic mass is 10.3. The van der Waals surface area contributed by atoms with E-state index in [2.05, 4.69) is 23.7 Å². The number of hydrogen-bond donors (Lipinski definition) is 1. The van der Waals surface area contributed by atoms with E-state index in [9.17, 15) is 0 Å². The third-order valence-corrected chi connectivity index (χ3v) is 2.21. The van der Waals surface area contributed by atoms with Crippen molar-refractivity contribution >= 4 is 5.96 Å². The van der Waals surface area contributed by atoms with Crippen molar-refractivity contribution in [3.8, 4) is 0 Å². The summed E-state index contributed by atoms with van der Waals surface area (Å²) in [5.74, 6) is 0.717. The molecule has 3 heteroatoms. The minimum atomic E-state index is 0.717. The Morgan fingerprint density at radius 3 is 1.93 bits per heavy atom. The van der Waals surface area contributed by atoms with Crippen molar-refractivity contribution in [1.82, 2.24) is 4.90 Å². The molecule has 0 bridgehead atoms. The fourth-order valence-corrected chi connectivity index (χ4v) is 1.30. The number of aliphatic imine (C=N–C) groups is 1. The minimum absolute atomic E-state index is 0.717. The van der Waals surface area contributed by atoms with E-state index in [0.717, 1.165) is 25.6 Å². The summed E-state index contributed by atoms with van der Waals surface area (Å²) in [6.45, 7) is 9.29. The van der Waals surface area contributed by atoms with Crippen molar-refractivity contribution in [2.45, 2.75) is 46.5 Å². The van der Waals surface area contributed by atoms with Gasteiger partial charge in [-0.05, 0) is 19.8 Å². The molecular weight excluding hydrogens is 174 g/mol. The first-order chi connectivity index (χ1) is 6.76. The monoisotopic (exact) mass is 199 g/mol. The lowest BCUT2D eigenvalue weighted by Crippen LogP contribution is -2.38. The molecule has 0 saturated heterocycles. The summed E-state index contributed by atoms with van der Waals surface area (Å²) in [5, 5.41) is 0. The molecule has 0 aliphatic rings. The molecule has 0 fully saturated rings. The molecule has 0 aromatic carbocycles. The Morgan fingerprint density at radius 2 is 1.57 bits per heavy atom. The van der Waals surface area contributed by atoms with Gasteiger partial charge in [0.2, 0.25) is 0 Å². The van der Waals surface area contributed by atoms with Gasteiger partial charge in [-0.15, -0.1) is 0 Å². The van der Waals surface area contributed by atoms with Crippen molar-refractivity contribution in [2.24, 2.45) is 10.7 Å². The molecule has 0 rings (SSSR count). The molecule has 0 aliphatic carbocycles. The van der Waals surface area contributed by atoms with Crippen LogP contribution in [-0.4, -0.2) is 30.5 Å². The van der Waals surface area contributed by atoms with Crippen molar-refractivity contribution in [3.05, 3.63) is 0 Å². The summed E-state index contributed by atoms with van der Waals surface area (Å²) in [6.07, 6.45) is 4.82. The van der Waals surface area contributed by atoms with Crippen LogP contribution in [0.2, 0.25) is 0 Å². The predicted octanol–water partition coefficient (Wildman–Crippen LogP) is 2.22. The van der Waals surface area contributed by atoms with Gasteiger partial charge in [0.05, 0.1) is 0 Å². The smallest absolute Gasteiger partial charge is 0.191 e. The third kappa shape index (κ3) is 5.84. The first-order valence-corrected chi connectivity index (χ1v) is 5.81. The van der Waals surface area contributed by atoms with Gasteiger partial charge in [0.1, 0.15) is 0 Å². The average Bonchev–Trinajstić information content (AvgIpc) is 2.18. The van der Waals surface area contributed by atoms with Crippen molar-refractivity contribution in [1.29, 1.82) is 0 Å². The predicted molar refractivity (Wildman–Crippen MR) is 63.6 cm³/mol. The fraction of sp³-hybridized carbons (Fsp3) is 0.909. The standard InChI is InChI=1S/C11H25N3/c1-4-7-9-14(10-8-5-2)11(12)13-6-3/h4-10H2,1-3H3,(H2,12,13). The van der Waals surface area contributed by atoms with Gasteiger partial charge in [-0.2, -0.15) is 0 Å². The second-order valence-corrected chi connectivity index (χ2v) is 3.53. The Kier molecular flexibility index (Phi) is 8.39. The fourth-order valence-electron chi connectivity index (χ4n) is 1.30. The van der Waals surface area contributed by atoms with Crippen LogP contribution < -0.4 is 5.73 Å². The molecule has 2 N–H and O–H groups in total. The second kappa shape index (κ2) is 8.85. The number of nitrogens with two attached hydrogens (primary N) is 1. The first-order valence-electron chi connectivity index (χ1n) is 5.81. The van der Waals surface area contributed by atoms with E-state index in [4.69, 9.17) is 5.73 Å². The van der Waals surface area contributed by atoms with Gasteiger partial charge < -0.3 is 10.6 Å². The van der Waals surface area contributed by atoms with Gasteiger partial charge in [-0.3, -0.25) is 4.99 Å². The van der Waals surface area contributed by atoms with Crippen LogP contribution in [0.15, 0.2) is 4.99 Å². The summed E-state index contributed by atoms with van der Waals surface area (Å²) in [6, 6.07) is 0. The number of guanidine groups is 1. The van der Waals surface area contributed by atoms with Crippen molar-refractivity contribution < 1.29 is 0 Å². The molecule has 0 spiro atoms. The lowest BCUT2D eigenvalue weighted by molar-refractivity contribution is 0.393. The first kappa shape index (κ1) is 13.3. The summed E-state index contributed by atoms with van der Waals surface area (Å²) in [7, 11) is 0. The molecule has 0 aliphatic heterocycles. The largest absolute Gasteiger partial charge is 0.370 e. The van der Waals surface area contributed by atoms with E-state index in [1.54, 1.807) is 0 Å². The number of hydrogen-bond acceptors (Lipinski definition) is 1. The number of unbranched alkanes of at least 4 members (excludes halogenated alkanes) is 2. The SMILES string of the molecule is CCCCN(CCCC)C(N)=NCC. The van der Waals surface area contributed by atoms with Gasteiger partial charge in [-0.25, -0.2) is 0 Å². The molecule has 0 radical (unpaired) electrons. The van der Waals surface area contributed by atoms with E-state index >= 15 is 0 Å². The van der Waals surface area contributed by atoms with Crippen LogP contribution in [0.3, 0.4) is 0 Å². The highest BCUT2D eigenvalue weighted by atomic mass is 15.2. The summed E-state index contributed by atoms with van der Waals surface area (Å²) >= 11 is 0. The molecule has 0 amide bonds. The Hall–Kier alpha value is -0.730. The normalized spacial score (nSPS) is 11.8.